The van der Waals surface area contributed by atoms with Crippen LogP contribution < -0.4 is 0 Å². The highest BCUT2D eigenvalue weighted by molar-refractivity contribution is 7.99. The summed E-state index contributed by atoms with van der Waals surface area (Å²) in [6.45, 7) is 7.89. The predicted molar refractivity (Wildman–Crippen MR) is 70.4 cm³/mol. The Morgan fingerprint density at radius 3 is 3.06 bits per heavy atom. The fourth-order valence-electron chi connectivity index (χ4n) is 1.76. The first-order valence-electron chi connectivity index (χ1n) is 5.71. The normalized spacial score (nSPS) is 10.9. The van der Waals surface area contributed by atoms with Crippen LogP contribution in [0.4, 0.5) is 0 Å². The third kappa shape index (κ3) is 2.34. The molecule has 2 aromatic rings. The number of imidazole rings is 1. The predicted octanol–water partition coefficient (Wildman–Crippen LogP) is 2.66. The van der Waals surface area contributed by atoms with E-state index < -0.39 is 0 Å². The van der Waals surface area contributed by atoms with Crippen molar-refractivity contribution in [2.24, 2.45) is 0 Å². The maximum Gasteiger partial charge on any atom is 0.196 e. The lowest BCUT2D eigenvalue weighted by molar-refractivity contribution is 0.741. The van der Waals surface area contributed by atoms with Crippen LogP contribution in [0.5, 0.6) is 0 Å². The molecule has 0 fully saturated rings. The number of aryl methyl sites for hydroxylation is 2. The van der Waals surface area contributed by atoms with Gasteiger partial charge >= 0.3 is 0 Å². The number of hydrogen-bond acceptors (Lipinski definition) is 4. The van der Waals surface area contributed by atoms with E-state index in [1.807, 2.05) is 13.0 Å². The minimum atomic E-state index is 0.830. The summed E-state index contributed by atoms with van der Waals surface area (Å²) in [5.74, 6) is 1.90. The molecule has 0 saturated carbocycles. The number of rotatable bonds is 5. The summed E-state index contributed by atoms with van der Waals surface area (Å²) in [7, 11) is 0. The zero-order chi connectivity index (χ0) is 12.3. The fourth-order valence-corrected chi connectivity index (χ4v) is 2.47. The van der Waals surface area contributed by atoms with Crippen molar-refractivity contribution in [3.8, 4) is 0 Å². The highest BCUT2D eigenvalue weighted by atomic mass is 32.2. The van der Waals surface area contributed by atoms with Crippen molar-refractivity contribution in [1.29, 1.82) is 0 Å². The molecule has 4 nitrogen and oxygen atoms in total. The zero-order valence-corrected chi connectivity index (χ0v) is 11.0. The lowest BCUT2D eigenvalue weighted by Gasteiger charge is -2.04. The van der Waals surface area contributed by atoms with Crippen LogP contribution in [0.2, 0.25) is 0 Å². The van der Waals surface area contributed by atoms with Gasteiger partial charge in [-0.1, -0.05) is 24.8 Å². The summed E-state index contributed by atoms with van der Waals surface area (Å²) in [5.41, 5.74) is 2.07. The summed E-state index contributed by atoms with van der Waals surface area (Å²) in [4.78, 5) is 4.59. The van der Waals surface area contributed by atoms with Gasteiger partial charge in [0.15, 0.2) is 5.16 Å². The molecule has 0 bridgehead atoms. The van der Waals surface area contributed by atoms with E-state index in [1.54, 1.807) is 18.0 Å². The fraction of sp³-hybridized carbons (Fsp3) is 0.417. The van der Waals surface area contributed by atoms with E-state index in [1.165, 1.54) is 0 Å². The second kappa shape index (κ2) is 5.31. The van der Waals surface area contributed by atoms with Gasteiger partial charge < -0.3 is 0 Å². The van der Waals surface area contributed by atoms with Crippen LogP contribution in [0.1, 0.15) is 24.9 Å². The Kier molecular flexibility index (Phi) is 3.78. The summed E-state index contributed by atoms with van der Waals surface area (Å²) in [6, 6.07) is 0. The van der Waals surface area contributed by atoms with Crippen LogP contribution in [0.3, 0.4) is 0 Å². The van der Waals surface area contributed by atoms with Gasteiger partial charge in [-0.15, -0.1) is 11.7 Å². The molecule has 5 heteroatoms. The Balaban J connectivity index is 2.54. The van der Waals surface area contributed by atoms with E-state index in [0.29, 0.717) is 0 Å². The van der Waals surface area contributed by atoms with Gasteiger partial charge in [-0.2, -0.15) is 5.10 Å². The van der Waals surface area contributed by atoms with E-state index in [-0.39, 0.29) is 0 Å². The number of fused-ring (bicyclic) bond motifs is 1. The summed E-state index contributed by atoms with van der Waals surface area (Å²) in [5, 5.41) is 9.12. The zero-order valence-electron chi connectivity index (χ0n) is 10.2. The first kappa shape index (κ1) is 12.1. The van der Waals surface area contributed by atoms with E-state index >= 15 is 0 Å². The maximum atomic E-state index is 4.59. The Morgan fingerprint density at radius 1 is 1.53 bits per heavy atom. The van der Waals surface area contributed by atoms with Crippen molar-refractivity contribution in [1.82, 2.24) is 19.6 Å². The largest absolute Gasteiger partial charge is 0.272 e. The Hall–Kier alpha value is -1.36. The molecule has 0 unspecified atom stereocenters. The number of aromatic nitrogens is 4. The molecule has 0 radical (unpaired) electrons. The van der Waals surface area contributed by atoms with Crippen molar-refractivity contribution in [2.45, 2.75) is 31.8 Å². The average molecular weight is 248 g/mol. The smallest absolute Gasteiger partial charge is 0.196 e. The average Bonchev–Trinajstić information content (AvgIpc) is 2.65. The molecular formula is C12H16N4S. The van der Waals surface area contributed by atoms with Crippen molar-refractivity contribution < 1.29 is 0 Å². The third-order valence-corrected chi connectivity index (χ3v) is 3.41. The Morgan fingerprint density at radius 2 is 2.35 bits per heavy atom. The van der Waals surface area contributed by atoms with Gasteiger partial charge in [0.2, 0.25) is 0 Å². The molecule has 0 aliphatic heterocycles. The molecule has 0 atom stereocenters. The summed E-state index contributed by atoms with van der Waals surface area (Å²) < 4.78 is 2.11. The first-order chi connectivity index (χ1) is 8.27. The van der Waals surface area contributed by atoms with Gasteiger partial charge in [-0.05, 0) is 13.3 Å². The highest BCUT2D eigenvalue weighted by Crippen LogP contribution is 2.21. The summed E-state index contributed by atoms with van der Waals surface area (Å²) in [6.07, 6.45) is 5.68. The molecule has 0 aliphatic rings. The molecule has 0 aromatic carbocycles. The van der Waals surface area contributed by atoms with E-state index in [0.717, 1.165) is 40.8 Å². The topological polar surface area (TPSA) is 43.1 Å². The molecule has 90 valence electrons. The van der Waals surface area contributed by atoms with E-state index in [9.17, 15) is 0 Å². The van der Waals surface area contributed by atoms with Crippen molar-refractivity contribution >= 4 is 17.3 Å². The molecule has 0 N–H and O–H groups in total. The second-order valence-corrected chi connectivity index (χ2v) is 4.80. The van der Waals surface area contributed by atoms with Crippen LogP contribution in [-0.4, -0.2) is 25.3 Å². The molecule has 0 spiro atoms. The monoisotopic (exact) mass is 248 g/mol. The lowest BCUT2D eigenvalue weighted by atomic mass is 10.3. The second-order valence-electron chi connectivity index (χ2n) is 3.81. The van der Waals surface area contributed by atoms with E-state index in [4.69, 9.17) is 0 Å². The van der Waals surface area contributed by atoms with Crippen molar-refractivity contribution in [3.63, 3.8) is 0 Å². The van der Waals surface area contributed by atoms with Gasteiger partial charge in [0.1, 0.15) is 5.82 Å². The molecule has 0 saturated heterocycles. The standard InChI is InChI=1S/C12H16N4S/c1-4-6-11-14-9(3)10-8-13-15-12(16(10)11)17-7-5-2/h5,8H,2,4,6-7H2,1,3H3. The third-order valence-electron chi connectivity index (χ3n) is 2.48. The minimum Gasteiger partial charge on any atom is -0.272 e. The maximum absolute atomic E-state index is 4.59. The van der Waals surface area contributed by atoms with Gasteiger partial charge in [0.05, 0.1) is 17.4 Å². The van der Waals surface area contributed by atoms with Crippen LogP contribution in [0, 0.1) is 6.92 Å². The molecule has 17 heavy (non-hydrogen) atoms. The quantitative estimate of drug-likeness (QED) is 0.602. The number of hydrogen-bond donors (Lipinski definition) is 0. The molecule has 2 heterocycles. The van der Waals surface area contributed by atoms with Gasteiger partial charge in [-0.3, -0.25) is 4.40 Å². The molecular weight excluding hydrogens is 232 g/mol. The number of nitrogens with zero attached hydrogens (tertiary/aromatic N) is 4. The van der Waals surface area contributed by atoms with Crippen molar-refractivity contribution in [2.75, 3.05) is 5.75 Å². The Bertz CT molecular complexity index is 533. The van der Waals surface area contributed by atoms with Gasteiger partial charge in [-0.25, -0.2) is 4.98 Å². The molecule has 2 aromatic heterocycles. The molecule has 2 rings (SSSR count). The molecule has 0 aliphatic carbocycles. The highest BCUT2D eigenvalue weighted by Gasteiger charge is 2.12. The SMILES string of the molecule is C=CCSc1nncc2c(C)nc(CCC)n12. The van der Waals surface area contributed by atoms with E-state index in [2.05, 4.69) is 33.1 Å². The Labute approximate surface area is 105 Å². The van der Waals surface area contributed by atoms with Crippen LogP contribution in [-0.2, 0) is 6.42 Å². The molecule has 0 amide bonds. The van der Waals surface area contributed by atoms with Gasteiger partial charge in [0, 0.05) is 12.2 Å². The van der Waals surface area contributed by atoms with Crippen molar-refractivity contribution in [3.05, 3.63) is 30.4 Å². The van der Waals surface area contributed by atoms with Gasteiger partial charge in [0.25, 0.3) is 0 Å². The number of thioether (sulfide) groups is 1. The summed E-state index contributed by atoms with van der Waals surface area (Å²) >= 11 is 1.63. The van der Waals surface area contributed by atoms with Crippen LogP contribution in [0.25, 0.3) is 5.52 Å². The van der Waals surface area contributed by atoms with Crippen LogP contribution in [0.15, 0.2) is 24.0 Å². The van der Waals surface area contributed by atoms with Crippen LogP contribution >= 0.6 is 11.8 Å². The minimum absolute atomic E-state index is 0.830. The first-order valence-corrected chi connectivity index (χ1v) is 6.69. The lowest BCUT2D eigenvalue weighted by Crippen LogP contribution is -2.01.